The summed E-state index contributed by atoms with van der Waals surface area (Å²) < 4.78 is 4.89. The lowest BCUT2D eigenvalue weighted by Crippen LogP contribution is -2.57. The first-order chi connectivity index (χ1) is 6.58. The van der Waals surface area contributed by atoms with Crippen LogP contribution in [0.5, 0.6) is 0 Å². The van der Waals surface area contributed by atoms with Crippen LogP contribution in [0.1, 0.15) is 19.8 Å². The summed E-state index contributed by atoms with van der Waals surface area (Å²) in [6.07, 6.45) is 3.44. The van der Waals surface area contributed by atoms with E-state index in [0.29, 0.717) is 12.8 Å². The van der Waals surface area contributed by atoms with Crippen LogP contribution in [0.15, 0.2) is 12.2 Å². The number of ketones is 1. The van der Waals surface area contributed by atoms with Crippen molar-refractivity contribution in [3.05, 3.63) is 12.2 Å². The molecule has 14 heavy (non-hydrogen) atoms. The molecule has 0 aromatic rings. The summed E-state index contributed by atoms with van der Waals surface area (Å²) in [4.78, 5) is 22.8. The zero-order valence-corrected chi connectivity index (χ0v) is 7.90. The minimum absolute atomic E-state index is 0.0847. The molecule has 0 spiro atoms. The van der Waals surface area contributed by atoms with Gasteiger partial charge in [-0.15, -0.1) is 0 Å². The fourth-order valence-corrected chi connectivity index (χ4v) is 2.01. The number of aliphatic hydroxyl groups is 1. The first-order valence-electron chi connectivity index (χ1n) is 4.73. The number of rotatable bonds is 2. The van der Waals surface area contributed by atoms with E-state index in [4.69, 9.17) is 4.74 Å². The summed E-state index contributed by atoms with van der Waals surface area (Å²) in [6.45, 7) is 1.73. The van der Waals surface area contributed by atoms with Crippen LogP contribution >= 0.6 is 0 Å². The fourth-order valence-electron chi connectivity index (χ4n) is 2.01. The third kappa shape index (κ3) is 1.10. The van der Waals surface area contributed by atoms with Gasteiger partial charge in [0.15, 0.2) is 5.60 Å². The molecule has 4 heteroatoms. The van der Waals surface area contributed by atoms with Gasteiger partial charge in [0, 0.05) is 12.8 Å². The van der Waals surface area contributed by atoms with Crippen LogP contribution in [-0.4, -0.2) is 28.6 Å². The van der Waals surface area contributed by atoms with E-state index in [1.165, 1.54) is 6.08 Å². The third-order valence-corrected chi connectivity index (χ3v) is 2.89. The summed E-state index contributed by atoms with van der Waals surface area (Å²) in [5.41, 5.74) is -1.71. The Labute approximate surface area is 81.6 Å². The summed E-state index contributed by atoms with van der Waals surface area (Å²) in [7, 11) is 0. The Hall–Kier alpha value is -1.16. The number of esters is 1. The second-order valence-electron chi connectivity index (χ2n) is 3.74. The molecule has 2 bridgehead atoms. The minimum atomic E-state index is -1.71. The molecule has 3 rings (SSSR count). The lowest BCUT2D eigenvalue weighted by atomic mass is 9.73. The number of ether oxygens (including phenoxy) is 1. The maximum Gasteiger partial charge on any atom is 0.343 e. The third-order valence-electron chi connectivity index (χ3n) is 2.89. The molecule has 2 heterocycles. The highest BCUT2D eigenvalue weighted by Crippen LogP contribution is 2.38. The molecule has 3 atom stereocenters. The van der Waals surface area contributed by atoms with E-state index in [1.807, 2.05) is 0 Å². The van der Waals surface area contributed by atoms with Crippen molar-refractivity contribution in [1.82, 2.24) is 0 Å². The zero-order valence-electron chi connectivity index (χ0n) is 7.90. The van der Waals surface area contributed by atoms with Crippen LogP contribution < -0.4 is 0 Å². The Kier molecular flexibility index (Phi) is 1.96. The van der Waals surface area contributed by atoms with E-state index < -0.39 is 17.5 Å². The van der Waals surface area contributed by atoms with Crippen LogP contribution in [0, 0.1) is 5.92 Å². The molecule has 2 aliphatic heterocycles. The van der Waals surface area contributed by atoms with Gasteiger partial charge in [0.1, 0.15) is 11.9 Å². The average Bonchev–Trinajstić information content (AvgIpc) is 2.18. The van der Waals surface area contributed by atoms with Gasteiger partial charge in [0.2, 0.25) is 0 Å². The van der Waals surface area contributed by atoms with E-state index in [0.717, 1.165) is 0 Å². The Morgan fingerprint density at radius 2 is 2.50 bits per heavy atom. The topological polar surface area (TPSA) is 63.6 Å². The molecule has 1 saturated heterocycles. The molecule has 1 fully saturated rings. The minimum Gasteiger partial charge on any atom is -0.456 e. The van der Waals surface area contributed by atoms with Crippen molar-refractivity contribution in [3.8, 4) is 0 Å². The van der Waals surface area contributed by atoms with Gasteiger partial charge >= 0.3 is 5.97 Å². The molecule has 76 valence electrons. The smallest absolute Gasteiger partial charge is 0.343 e. The molecule has 3 aliphatic rings. The van der Waals surface area contributed by atoms with Gasteiger partial charge in [-0.2, -0.15) is 0 Å². The van der Waals surface area contributed by atoms with Gasteiger partial charge in [-0.25, -0.2) is 4.79 Å². The lowest BCUT2D eigenvalue weighted by molar-refractivity contribution is -0.186. The van der Waals surface area contributed by atoms with Crippen molar-refractivity contribution in [2.75, 3.05) is 0 Å². The van der Waals surface area contributed by atoms with E-state index in [2.05, 4.69) is 0 Å². The van der Waals surface area contributed by atoms with Crippen molar-refractivity contribution in [2.24, 2.45) is 5.92 Å². The highest BCUT2D eigenvalue weighted by molar-refractivity contribution is 5.94. The first-order valence-corrected chi connectivity index (χ1v) is 4.73. The zero-order chi connectivity index (χ0) is 10.3. The van der Waals surface area contributed by atoms with Crippen molar-refractivity contribution < 1.29 is 19.4 Å². The molecule has 4 nitrogen and oxygen atoms in total. The number of hydrogen-bond donors (Lipinski definition) is 1. The molecule has 3 unspecified atom stereocenters. The van der Waals surface area contributed by atoms with E-state index in [9.17, 15) is 14.7 Å². The number of hydrogen-bond acceptors (Lipinski definition) is 4. The summed E-state index contributed by atoms with van der Waals surface area (Å²) in [6, 6.07) is 0. The van der Waals surface area contributed by atoms with E-state index >= 15 is 0 Å². The molecule has 1 N–H and O–H groups in total. The molecule has 0 saturated carbocycles. The number of fused-ring (bicyclic) bond motifs is 2. The molecule has 0 aromatic heterocycles. The standard InChI is InChI=1S/C10H12O4/c1-2-8(11)7-5-6-3-4-10(7,13)9(12)14-6/h3-4,6-7,13H,2,5H2,1H3. The predicted molar refractivity (Wildman–Crippen MR) is 47.4 cm³/mol. The van der Waals surface area contributed by atoms with Crippen molar-refractivity contribution in [2.45, 2.75) is 31.5 Å². The maximum atomic E-state index is 11.5. The SMILES string of the molecule is CCC(=O)C1CC2C=CC1(O)C(=O)O2. The lowest BCUT2D eigenvalue weighted by Gasteiger charge is -2.41. The van der Waals surface area contributed by atoms with E-state index in [-0.39, 0.29) is 11.9 Å². The Balaban J connectivity index is 2.35. The first kappa shape index (κ1) is 9.40. The van der Waals surface area contributed by atoms with Gasteiger partial charge in [-0.05, 0) is 12.2 Å². The largest absolute Gasteiger partial charge is 0.456 e. The second-order valence-corrected chi connectivity index (χ2v) is 3.74. The quantitative estimate of drug-likeness (QED) is 0.506. The average molecular weight is 196 g/mol. The summed E-state index contributed by atoms with van der Waals surface area (Å²) in [5, 5.41) is 9.97. The van der Waals surface area contributed by atoms with Gasteiger partial charge in [0.25, 0.3) is 0 Å². The van der Waals surface area contributed by atoms with Crippen LogP contribution in [0.4, 0.5) is 0 Å². The fraction of sp³-hybridized carbons (Fsp3) is 0.600. The molecule has 0 aromatic carbocycles. The van der Waals surface area contributed by atoms with Crippen LogP contribution in [-0.2, 0) is 14.3 Å². The Morgan fingerprint density at radius 3 is 3.07 bits per heavy atom. The monoisotopic (exact) mass is 196 g/mol. The molecule has 1 aliphatic carbocycles. The van der Waals surface area contributed by atoms with Crippen LogP contribution in [0.2, 0.25) is 0 Å². The second kappa shape index (κ2) is 2.92. The molecular formula is C10H12O4. The normalized spacial score (nSPS) is 39.7. The number of carbonyl (C=O) groups excluding carboxylic acids is 2. The van der Waals surface area contributed by atoms with Gasteiger partial charge in [0.05, 0.1) is 5.92 Å². The van der Waals surface area contributed by atoms with E-state index in [1.54, 1.807) is 13.0 Å². The molecule has 0 amide bonds. The molecule has 0 radical (unpaired) electrons. The number of carbonyl (C=O) groups is 2. The summed E-state index contributed by atoms with van der Waals surface area (Å²) in [5.74, 6) is -1.40. The Bertz CT molecular complexity index is 320. The van der Waals surface area contributed by atoms with Crippen LogP contribution in [0.3, 0.4) is 0 Å². The predicted octanol–water partition coefficient (Wildman–Crippen LogP) is 0.198. The molecular weight excluding hydrogens is 184 g/mol. The van der Waals surface area contributed by atoms with Gasteiger partial charge in [-0.1, -0.05) is 6.92 Å². The highest BCUT2D eigenvalue weighted by atomic mass is 16.6. The Morgan fingerprint density at radius 1 is 1.79 bits per heavy atom. The summed E-state index contributed by atoms with van der Waals surface area (Å²) >= 11 is 0. The van der Waals surface area contributed by atoms with Crippen LogP contribution in [0.25, 0.3) is 0 Å². The van der Waals surface area contributed by atoms with Gasteiger partial charge < -0.3 is 9.84 Å². The van der Waals surface area contributed by atoms with Gasteiger partial charge in [-0.3, -0.25) is 4.79 Å². The maximum absolute atomic E-state index is 11.5. The number of Topliss-reactive ketones (excluding diaryl/α,β-unsaturated/α-hetero) is 1. The van der Waals surface area contributed by atoms with Crippen molar-refractivity contribution >= 4 is 11.8 Å². The highest BCUT2D eigenvalue weighted by Gasteiger charge is 2.54. The van der Waals surface area contributed by atoms with Crippen molar-refractivity contribution in [3.63, 3.8) is 0 Å². The van der Waals surface area contributed by atoms with Crippen molar-refractivity contribution in [1.29, 1.82) is 0 Å².